The van der Waals surface area contributed by atoms with Crippen molar-refractivity contribution in [1.82, 2.24) is 15.5 Å². The van der Waals surface area contributed by atoms with Crippen LogP contribution < -0.4 is 20.7 Å². The Morgan fingerprint density at radius 3 is 2.24 bits per heavy atom. The number of carbonyl (C=O) groups excluding carboxylic acids is 3. The summed E-state index contributed by atoms with van der Waals surface area (Å²) in [6.45, 7) is 3.74. The molecule has 11 heteroatoms. The number of rotatable bonds is 10. The van der Waals surface area contributed by atoms with Gasteiger partial charge in [-0.25, -0.2) is 0 Å². The number of nitrogens with zero attached hydrogens (tertiary/aromatic N) is 1. The van der Waals surface area contributed by atoms with E-state index in [1.54, 1.807) is 14.0 Å². The van der Waals surface area contributed by atoms with Gasteiger partial charge in [-0.1, -0.05) is 6.92 Å². The molecule has 0 aromatic heterocycles. The fourth-order valence-corrected chi connectivity index (χ4v) is 2.24. The average Bonchev–Trinajstić information content (AvgIpc) is 2.59. The lowest BCUT2D eigenvalue weighted by molar-refractivity contribution is -0.274. The van der Waals surface area contributed by atoms with Crippen molar-refractivity contribution >= 4 is 23.4 Å². The molecule has 29 heavy (non-hydrogen) atoms. The van der Waals surface area contributed by atoms with Gasteiger partial charge in [-0.05, 0) is 44.7 Å². The van der Waals surface area contributed by atoms with Gasteiger partial charge < -0.3 is 20.7 Å². The highest BCUT2D eigenvalue weighted by Crippen LogP contribution is 2.23. The van der Waals surface area contributed by atoms with E-state index in [1.165, 1.54) is 17.0 Å². The molecule has 1 rings (SSSR count). The third kappa shape index (κ3) is 10.3. The lowest BCUT2D eigenvalue weighted by Crippen LogP contribution is -2.48. The Kier molecular flexibility index (Phi) is 9.39. The van der Waals surface area contributed by atoms with Crippen LogP contribution in [-0.2, 0) is 14.4 Å². The maximum Gasteiger partial charge on any atom is 0.573 e. The molecule has 0 aliphatic rings. The molecule has 162 valence electrons. The second-order valence-electron chi connectivity index (χ2n) is 6.37. The van der Waals surface area contributed by atoms with Gasteiger partial charge in [0, 0.05) is 12.2 Å². The van der Waals surface area contributed by atoms with Crippen molar-refractivity contribution in [2.45, 2.75) is 32.7 Å². The Morgan fingerprint density at radius 2 is 1.69 bits per heavy atom. The Labute approximate surface area is 166 Å². The molecule has 1 aromatic carbocycles. The van der Waals surface area contributed by atoms with Crippen molar-refractivity contribution in [1.29, 1.82) is 0 Å². The maximum atomic E-state index is 12.1. The summed E-state index contributed by atoms with van der Waals surface area (Å²) in [7, 11) is 1.54. The third-order valence-electron chi connectivity index (χ3n) is 3.52. The topological polar surface area (TPSA) is 99.8 Å². The highest BCUT2D eigenvalue weighted by atomic mass is 19.4. The number of hydrogen-bond acceptors (Lipinski definition) is 5. The van der Waals surface area contributed by atoms with Gasteiger partial charge in [0.1, 0.15) is 11.8 Å². The number of likely N-dealkylation sites (N-methyl/N-ethyl adjacent to an activating group) is 1. The molecule has 0 unspecified atom stereocenters. The van der Waals surface area contributed by atoms with Crippen LogP contribution in [0.1, 0.15) is 20.3 Å². The summed E-state index contributed by atoms with van der Waals surface area (Å²) < 4.78 is 40.1. The van der Waals surface area contributed by atoms with Crippen LogP contribution in [-0.4, -0.2) is 61.7 Å². The minimum absolute atomic E-state index is 0.114. The standard InChI is InChI=1S/C18H25F3N4O4/c1-4-9-22-17(28)12(2)23-15(26)10-25(3)11-16(27)24-13-5-7-14(8-6-13)29-18(19,20)21/h5-8,12H,4,9-11H2,1-3H3,(H,22,28)(H,23,26)(H,24,27)/t12-/m1/s1. The minimum atomic E-state index is -4.79. The molecule has 0 spiro atoms. The predicted octanol–water partition coefficient (Wildman–Crippen LogP) is 1.49. The van der Waals surface area contributed by atoms with Crippen LogP contribution in [0.3, 0.4) is 0 Å². The van der Waals surface area contributed by atoms with E-state index in [1.807, 2.05) is 6.92 Å². The summed E-state index contributed by atoms with van der Waals surface area (Å²) in [6.07, 6.45) is -4.01. The van der Waals surface area contributed by atoms with Crippen LogP contribution in [0.5, 0.6) is 5.75 Å². The van der Waals surface area contributed by atoms with Gasteiger partial charge in [0.15, 0.2) is 0 Å². The molecule has 3 amide bonds. The first-order valence-corrected chi connectivity index (χ1v) is 8.91. The monoisotopic (exact) mass is 418 g/mol. The summed E-state index contributed by atoms with van der Waals surface area (Å²) >= 11 is 0. The number of carbonyl (C=O) groups is 3. The Bertz CT molecular complexity index is 695. The smallest absolute Gasteiger partial charge is 0.406 e. The van der Waals surface area contributed by atoms with Gasteiger partial charge in [-0.2, -0.15) is 0 Å². The number of nitrogens with one attached hydrogen (secondary N) is 3. The van der Waals surface area contributed by atoms with Crippen LogP contribution in [0.15, 0.2) is 24.3 Å². The van der Waals surface area contributed by atoms with Crippen molar-refractivity contribution < 1.29 is 32.3 Å². The Hall–Kier alpha value is -2.82. The number of hydrogen-bond donors (Lipinski definition) is 3. The zero-order chi connectivity index (χ0) is 22.0. The zero-order valence-electron chi connectivity index (χ0n) is 16.4. The molecule has 0 saturated heterocycles. The SMILES string of the molecule is CCCNC(=O)[C@@H](C)NC(=O)CN(C)CC(=O)Nc1ccc(OC(F)(F)F)cc1. The van der Waals surface area contributed by atoms with E-state index in [9.17, 15) is 27.6 Å². The van der Waals surface area contributed by atoms with E-state index in [4.69, 9.17) is 0 Å². The van der Waals surface area contributed by atoms with Crippen LogP contribution in [0.2, 0.25) is 0 Å². The van der Waals surface area contributed by atoms with Crippen LogP contribution in [0, 0.1) is 0 Å². The molecule has 0 fully saturated rings. The Morgan fingerprint density at radius 1 is 1.10 bits per heavy atom. The summed E-state index contributed by atoms with van der Waals surface area (Å²) in [5.74, 6) is -1.58. The number of benzene rings is 1. The van der Waals surface area contributed by atoms with E-state index < -0.39 is 30.0 Å². The fraction of sp³-hybridized carbons (Fsp3) is 0.500. The predicted molar refractivity (Wildman–Crippen MR) is 100 cm³/mol. The fourth-order valence-electron chi connectivity index (χ4n) is 2.24. The molecule has 0 heterocycles. The summed E-state index contributed by atoms with van der Waals surface area (Å²) in [4.78, 5) is 37.1. The first kappa shape index (κ1) is 24.2. The number of halogens is 3. The van der Waals surface area contributed by atoms with Gasteiger partial charge in [-0.15, -0.1) is 13.2 Å². The molecule has 0 aliphatic heterocycles. The molecule has 8 nitrogen and oxygen atoms in total. The average molecular weight is 418 g/mol. The molecule has 0 aliphatic carbocycles. The number of ether oxygens (including phenoxy) is 1. The molecule has 3 N–H and O–H groups in total. The first-order chi connectivity index (χ1) is 13.5. The van der Waals surface area contributed by atoms with Gasteiger partial charge >= 0.3 is 6.36 Å². The molecular formula is C18H25F3N4O4. The maximum absolute atomic E-state index is 12.1. The van der Waals surface area contributed by atoms with Crippen molar-refractivity contribution in [2.24, 2.45) is 0 Å². The normalized spacial score (nSPS) is 12.2. The summed E-state index contributed by atoms with van der Waals surface area (Å²) in [5, 5.41) is 7.71. The summed E-state index contributed by atoms with van der Waals surface area (Å²) in [5.41, 5.74) is 0.281. The third-order valence-corrected chi connectivity index (χ3v) is 3.52. The molecule has 0 radical (unpaired) electrons. The summed E-state index contributed by atoms with van der Waals surface area (Å²) in [6, 6.07) is 3.98. The van der Waals surface area contributed by atoms with E-state index in [0.717, 1.165) is 18.6 Å². The molecular weight excluding hydrogens is 393 g/mol. The van der Waals surface area contributed by atoms with Gasteiger partial charge in [-0.3, -0.25) is 19.3 Å². The minimum Gasteiger partial charge on any atom is -0.406 e. The Balaban J connectivity index is 2.42. The van der Waals surface area contributed by atoms with E-state index in [-0.39, 0.29) is 24.7 Å². The number of alkyl halides is 3. The number of anilines is 1. The lowest BCUT2D eigenvalue weighted by Gasteiger charge is -2.18. The molecule has 1 aromatic rings. The van der Waals surface area contributed by atoms with Crippen molar-refractivity contribution in [3.63, 3.8) is 0 Å². The van der Waals surface area contributed by atoms with Crippen LogP contribution >= 0.6 is 0 Å². The van der Waals surface area contributed by atoms with Crippen molar-refractivity contribution in [2.75, 3.05) is 32.0 Å². The van der Waals surface area contributed by atoms with Gasteiger partial charge in [0.05, 0.1) is 13.1 Å². The largest absolute Gasteiger partial charge is 0.573 e. The van der Waals surface area contributed by atoms with Crippen LogP contribution in [0.25, 0.3) is 0 Å². The van der Waals surface area contributed by atoms with Crippen molar-refractivity contribution in [3.8, 4) is 5.75 Å². The number of amides is 3. The second-order valence-corrected chi connectivity index (χ2v) is 6.37. The van der Waals surface area contributed by atoms with Crippen molar-refractivity contribution in [3.05, 3.63) is 24.3 Å². The van der Waals surface area contributed by atoms with E-state index in [2.05, 4.69) is 20.7 Å². The highest BCUT2D eigenvalue weighted by Gasteiger charge is 2.31. The first-order valence-electron chi connectivity index (χ1n) is 8.91. The molecule has 0 bridgehead atoms. The molecule has 1 atom stereocenters. The van der Waals surface area contributed by atoms with E-state index >= 15 is 0 Å². The van der Waals surface area contributed by atoms with Crippen LogP contribution in [0.4, 0.5) is 18.9 Å². The second kappa shape index (κ2) is 11.2. The zero-order valence-corrected chi connectivity index (χ0v) is 16.4. The van der Waals surface area contributed by atoms with Gasteiger partial charge in [0.2, 0.25) is 17.7 Å². The van der Waals surface area contributed by atoms with Gasteiger partial charge in [0.25, 0.3) is 0 Å². The quantitative estimate of drug-likeness (QED) is 0.535. The molecule has 0 saturated carbocycles. The lowest BCUT2D eigenvalue weighted by atomic mass is 10.3. The van der Waals surface area contributed by atoms with E-state index in [0.29, 0.717) is 6.54 Å². The highest BCUT2D eigenvalue weighted by molar-refractivity contribution is 5.93.